The van der Waals surface area contributed by atoms with Crippen LogP contribution < -0.4 is 10.6 Å². The largest absolute Gasteiger partial charge is 0.352 e. The number of aryl methyl sites for hydroxylation is 2. The lowest BCUT2D eigenvalue weighted by atomic mass is 9.96. The molecule has 1 amide bonds. The van der Waals surface area contributed by atoms with Gasteiger partial charge in [-0.15, -0.1) is 12.4 Å². The Morgan fingerprint density at radius 1 is 1.40 bits per heavy atom. The molecule has 0 aliphatic carbocycles. The molecular formula is C16H25ClN2O. The summed E-state index contributed by atoms with van der Waals surface area (Å²) in [4.78, 5) is 12.1. The summed E-state index contributed by atoms with van der Waals surface area (Å²) in [6.45, 7) is 7.02. The van der Waals surface area contributed by atoms with Crippen LogP contribution in [0.3, 0.4) is 0 Å². The predicted molar refractivity (Wildman–Crippen MR) is 85.7 cm³/mol. The molecule has 0 bridgehead atoms. The number of carbonyl (C=O) groups is 1. The molecule has 0 saturated carbocycles. The third-order valence-electron chi connectivity index (χ3n) is 3.87. The van der Waals surface area contributed by atoms with Gasteiger partial charge >= 0.3 is 0 Å². The van der Waals surface area contributed by atoms with E-state index in [0.717, 1.165) is 42.7 Å². The highest BCUT2D eigenvalue weighted by atomic mass is 35.5. The number of hydrogen-bond donors (Lipinski definition) is 2. The molecule has 1 aromatic rings. The number of halogens is 1. The lowest BCUT2D eigenvalue weighted by Gasteiger charge is -2.22. The zero-order valence-corrected chi connectivity index (χ0v) is 13.2. The van der Waals surface area contributed by atoms with E-state index < -0.39 is 0 Å². The number of hydrogen-bond acceptors (Lipinski definition) is 2. The Kier molecular flexibility index (Phi) is 7.03. The minimum Gasteiger partial charge on any atom is -0.352 e. The van der Waals surface area contributed by atoms with Gasteiger partial charge in [-0.05, 0) is 63.7 Å². The predicted octanol–water partition coefficient (Wildman–Crippen LogP) is 2.84. The van der Waals surface area contributed by atoms with Gasteiger partial charge in [0, 0.05) is 12.1 Å². The van der Waals surface area contributed by atoms with Gasteiger partial charge in [-0.2, -0.15) is 0 Å². The maximum atomic E-state index is 12.1. The summed E-state index contributed by atoms with van der Waals surface area (Å²) in [5.74, 6) is 0.776. The molecule has 0 radical (unpaired) electrons. The van der Waals surface area contributed by atoms with Crippen LogP contribution in [0.1, 0.15) is 40.7 Å². The van der Waals surface area contributed by atoms with Gasteiger partial charge in [0.25, 0.3) is 5.91 Å². The number of benzene rings is 1. The first-order valence-corrected chi connectivity index (χ1v) is 7.23. The average molecular weight is 297 g/mol. The summed E-state index contributed by atoms with van der Waals surface area (Å²) >= 11 is 0. The van der Waals surface area contributed by atoms with Crippen molar-refractivity contribution >= 4 is 18.3 Å². The minimum absolute atomic E-state index is 0. The van der Waals surface area contributed by atoms with E-state index >= 15 is 0 Å². The van der Waals surface area contributed by atoms with E-state index in [4.69, 9.17) is 0 Å². The van der Waals surface area contributed by atoms with Gasteiger partial charge in [-0.3, -0.25) is 4.79 Å². The maximum Gasteiger partial charge on any atom is 0.251 e. The molecule has 0 spiro atoms. The van der Waals surface area contributed by atoms with Crippen molar-refractivity contribution in [2.24, 2.45) is 5.92 Å². The van der Waals surface area contributed by atoms with Crippen molar-refractivity contribution in [2.45, 2.75) is 33.1 Å². The van der Waals surface area contributed by atoms with Gasteiger partial charge in [0.05, 0.1) is 0 Å². The first-order chi connectivity index (χ1) is 9.16. The van der Waals surface area contributed by atoms with Crippen LogP contribution in [-0.4, -0.2) is 25.5 Å². The van der Waals surface area contributed by atoms with Crippen molar-refractivity contribution in [1.82, 2.24) is 10.6 Å². The number of nitrogens with one attached hydrogen (secondary N) is 2. The van der Waals surface area contributed by atoms with Crippen LogP contribution in [0.5, 0.6) is 0 Å². The summed E-state index contributed by atoms with van der Waals surface area (Å²) in [7, 11) is 0. The van der Waals surface area contributed by atoms with Gasteiger partial charge in [0.15, 0.2) is 0 Å². The number of piperidine rings is 1. The first-order valence-electron chi connectivity index (χ1n) is 7.23. The van der Waals surface area contributed by atoms with Gasteiger partial charge in [-0.25, -0.2) is 0 Å². The second-order valence-corrected chi connectivity index (χ2v) is 5.58. The first kappa shape index (κ1) is 17.0. The van der Waals surface area contributed by atoms with Crippen LogP contribution in [-0.2, 0) is 0 Å². The van der Waals surface area contributed by atoms with Crippen LogP contribution in [0.2, 0.25) is 0 Å². The summed E-state index contributed by atoms with van der Waals surface area (Å²) in [5, 5.41) is 6.46. The average Bonchev–Trinajstić information content (AvgIpc) is 2.42. The van der Waals surface area contributed by atoms with Crippen molar-refractivity contribution in [3.8, 4) is 0 Å². The van der Waals surface area contributed by atoms with Gasteiger partial charge in [0.2, 0.25) is 0 Å². The molecule has 1 aromatic carbocycles. The Bertz CT molecular complexity index is 442. The summed E-state index contributed by atoms with van der Waals surface area (Å²) in [6.07, 6.45) is 3.62. The van der Waals surface area contributed by atoms with E-state index in [1.54, 1.807) is 0 Å². The van der Waals surface area contributed by atoms with E-state index in [9.17, 15) is 4.79 Å². The molecular weight excluding hydrogens is 272 g/mol. The minimum atomic E-state index is 0. The van der Waals surface area contributed by atoms with E-state index in [-0.39, 0.29) is 18.3 Å². The van der Waals surface area contributed by atoms with Crippen LogP contribution in [0.4, 0.5) is 0 Å². The summed E-state index contributed by atoms with van der Waals surface area (Å²) < 4.78 is 0. The third-order valence-corrected chi connectivity index (χ3v) is 3.87. The highest BCUT2D eigenvalue weighted by Crippen LogP contribution is 2.14. The summed E-state index contributed by atoms with van der Waals surface area (Å²) in [6, 6.07) is 6.02. The quantitative estimate of drug-likeness (QED) is 0.897. The fourth-order valence-corrected chi connectivity index (χ4v) is 2.64. The van der Waals surface area contributed by atoms with Crippen LogP contribution in [0.25, 0.3) is 0 Å². The van der Waals surface area contributed by atoms with Gasteiger partial charge in [-0.1, -0.05) is 17.7 Å². The molecule has 1 aliphatic heterocycles. The van der Waals surface area contributed by atoms with E-state index in [1.165, 1.54) is 12.8 Å². The monoisotopic (exact) mass is 296 g/mol. The Labute approximate surface area is 127 Å². The molecule has 1 aliphatic rings. The standard InChI is InChI=1S/C16H24N2O.ClH/c1-12-5-6-13(2)15(10-12)16(19)18-9-7-14-4-3-8-17-11-14;/h5-6,10,14,17H,3-4,7-9,11H2,1-2H3,(H,18,19);1H. The Hall–Kier alpha value is -1.06. The normalized spacial score (nSPS) is 18.2. The fraction of sp³-hybridized carbons (Fsp3) is 0.562. The van der Waals surface area contributed by atoms with Crippen molar-refractivity contribution < 1.29 is 4.79 Å². The number of carbonyl (C=O) groups excluding carboxylic acids is 1. The highest BCUT2D eigenvalue weighted by molar-refractivity contribution is 5.95. The Balaban J connectivity index is 0.00000200. The summed E-state index contributed by atoms with van der Waals surface area (Å²) in [5.41, 5.74) is 2.98. The number of amides is 1. The smallest absolute Gasteiger partial charge is 0.251 e. The van der Waals surface area contributed by atoms with Crippen LogP contribution >= 0.6 is 12.4 Å². The topological polar surface area (TPSA) is 41.1 Å². The fourth-order valence-electron chi connectivity index (χ4n) is 2.64. The second kappa shape index (κ2) is 8.28. The molecule has 1 heterocycles. The third kappa shape index (κ3) is 4.80. The molecule has 2 N–H and O–H groups in total. The molecule has 4 heteroatoms. The molecule has 112 valence electrons. The van der Waals surface area contributed by atoms with Gasteiger partial charge < -0.3 is 10.6 Å². The highest BCUT2D eigenvalue weighted by Gasteiger charge is 2.14. The van der Waals surface area contributed by atoms with E-state index in [1.807, 2.05) is 32.0 Å². The molecule has 2 rings (SSSR count). The SMILES string of the molecule is Cc1ccc(C)c(C(=O)NCCC2CCCNC2)c1.Cl. The lowest BCUT2D eigenvalue weighted by molar-refractivity contribution is 0.0950. The maximum absolute atomic E-state index is 12.1. The van der Waals surface area contributed by atoms with Crippen molar-refractivity contribution in [2.75, 3.05) is 19.6 Å². The van der Waals surface area contributed by atoms with E-state index in [2.05, 4.69) is 10.6 Å². The van der Waals surface area contributed by atoms with Crippen molar-refractivity contribution in [3.63, 3.8) is 0 Å². The zero-order chi connectivity index (χ0) is 13.7. The molecule has 20 heavy (non-hydrogen) atoms. The molecule has 1 fully saturated rings. The zero-order valence-electron chi connectivity index (χ0n) is 12.4. The van der Waals surface area contributed by atoms with Crippen LogP contribution in [0, 0.1) is 19.8 Å². The second-order valence-electron chi connectivity index (χ2n) is 5.58. The molecule has 1 unspecified atom stereocenters. The molecule has 1 atom stereocenters. The molecule has 0 aromatic heterocycles. The van der Waals surface area contributed by atoms with Crippen molar-refractivity contribution in [1.29, 1.82) is 0 Å². The lowest BCUT2D eigenvalue weighted by Crippen LogP contribution is -2.33. The molecule has 1 saturated heterocycles. The van der Waals surface area contributed by atoms with Gasteiger partial charge in [0.1, 0.15) is 0 Å². The molecule has 3 nitrogen and oxygen atoms in total. The number of rotatable bonds is 4. The van der Waals surface area contributed by atoms with Crippen LogP contribution in [0.15, 0.2) is 18.2 Å². The van der Waals surface area contributed by atoms with Crippen molar-refractivity contribution in [3.05, 3.63) is 34.9 Å². The Morgan fingerprint density at radius 2 is 2.20 bits per heavy atom. The van der Waals surface area contributed by atoms with E-state index in [0.29, 0.717) is 5.92 Å². The Morgan fingerprint density at radius 3 is 2.90 bits per heavy atom.